The Morgan fingerprint density at radius 1 is 1.28 bits per heavy atom. The van der Waals surface area contributed by atoms with E-state index in [1.807, 2.05) is 30.3 Å². The fourth-order valence-corrected chi connectivity index (χ4v) is 3.86. The molecule has 2 heterocycles. The average molecular weight is 398 g/mol. The van der Waals surface area contributed by atoms with Gasteiger partial charge in [0.15, 0.2) is 0 Å². The molecule has 1 aromatic heterocycles. The van der Waals surface area contributed by atoms with Crippen LogP contribution >= 0.6 is 0 Å². The third kappa shape index (κ3) is 4.82. The molecule has 8 nitrogen and oxygen atoms in total. The molecular weight excluding hydrogens is 372 g/mol. The maximum atomic E-state index is 13.0. The smallest absolute Gasteiger partial charge is 0.308 e. The molecule has 29 heavy (non-hydrogen) atoms. The lowest BCUT2D eigenvalue weighted by Crippen LogP contribution is -2.47. The second kappa shape index (κ2) is 8.89. The van der Waals surface area contributed by atoms with Crippen molar-refractivity contribution in [3.63, 3.8) is 0 Å². The van der Waals surface area contributed by atoms with E-state index < -0.39 is 23.8 Å². The van der Waals surface area contributed by atoms with E-state index in [1.54, 1.807) is 36.1 Å². The molecule has 8 heteroatoms. The zero-order valence-corrected chi connectivity index (χ0v) is 16.6. The van der Waals surface area contributed by atoms with Crippen LogP contribution in [0.4, 0.5) is 0 Å². The predicted octanol–water partition coefficient (Wildman–Crippen LogP) is 1.39. The van der Waals surface area contributed by atoms with Crippen molar-refractivity contribution in [1.29, 1.82) is 0 Å². The number of aliphatic carboxylic acids is 1. The predicted molar refractivity (Wildman–Crippen MR) is 106 cm³/mol. The fraction of sp³-hybridized carbons (Fsp3) is 0.429. The van der Waals surface area contributed by atoms with Gasteiger partial charge in [0.25, 0.3) is 0 Å². The normalized spacial score (nSPS) is 20.3. The minimum absolute atomic E-state index is 0.0182. The molecule has 3 rings (SSSR count). The quantitative estimate of drug-likeness (QED) is 0.733. The van der Waals surface area contributed by atoms with Crippen molar-refractivity contribution >= 4 is 17.8 Å². The van der Waals surface area contributed by atoms with Gasteiger partial charge in [-0.3, -0.25) is 19.1 Å². The van der Waals surface area contributed by atoms with Crippen LogP contribution in [0.2, 0.25) is 0 Å². The molecule has 0 radical (unpaired) electrons. The summed E-state index contributed by atoms with van der Waals surface area (Å²) in [6.45, 7) is 0.0387. The van der Waals surface area contributed by atoms with E-state index >= 15 is 0 Å². The maximum Gasteiger partial charge on any atom is 0.308 e. The Kier molecular flexibility index (Phi) is 6.31. The van der Waals surface area contributed by atoms with Gasteiger partial charge < -0.3 is 15.3 Å². The summed E-state index contributed by atoms with van der Waals surface area (Å²) in [4.78, 5) is 38.4. The molecule has 1 aliphatic heterocycles. The van der Waals surface area contributed by atoms with E-state index in [1.165, 1.54) is 0 Å². The SMILES string of the molecule is CN1C(=O)CC[C@H](C(=O)NC[C@H](Cc2ccccc2)C(=O)O)[C@@H]1c1cnn(C)c1. The summed E-state index contributed by atoms with van der Waals surface area (Å²) in [6, 6.07) is 8.93. The summed E-state index contributed by atoms with van der Waals surface area (Å²) in [5, 5.41) is 16.5. The molecular formula is C21H26N4O4. The Labute approximate surface area is 169 Å². The Bertz CT molecular complexity index is 880. The van der Waals surface area contributed by atoms with Gasteiger partial charge in [-0.25, -0.2) is 0 Å². The number of carbonyl (C=O) groups excluding carboxylic acids is 2. The highest BCUT2D eigenvalue weighted by atomic mass is 16.4. The highest BCUT2D eigenvalue weighted by molar-refractivity contribution is 5.85. The molecule has 3 atom stereocenters. The first-order valence-electron chi connectivity index (χ1n) is 9.65. The molecule has 2 N–H and O–H groups in total. The molecule has 0 bridgehead atoms. The number of nitrogens with zero attached hydrogens (tertiary/aromatic N) is 3. The number of carboxylic acids is 1. The van der Waals surface area contributed by atoms with Crippen LogP contribution in [0.5, 0.6) is 0 Å². The minimum Gasteiger partial charge on any atom is -0.481 e. The monoisotopic (exact) mass is 398 g/mol. The van der Waals surface area contributed by atoms with Gasteiger partial charge in [-0.2, -0.15) is 5.10 Å². The van der Waals surface area contributed by atoms with Gasteiger partial charge in [0.2, 0.25) is 11.8 Å². The van der Waals surface area contributed by atoms with Crippen molar-refractivity contribution < 1.29 is 19.5 Å². The Morgan fingerprint density at radius 2 is 2.00 bits per heavy atom. The van der Waals surface area contributed by atoms with Gasteiger partial charge in [-0.15, -0.1) is 0 Å². The molecule has 1 fully saturated rings. The zero-order chi connectivity index (χ0) is 21.0. The van der Waals surface area contributed by atoms with Gasteiger partial charge in [0, 0.05) is 38.8 Å². The standard InChI is InChI=1S/C21H26N4O4/c1-24-13-16(12-23-24)19-17(8-9-18(26)25(19)2)20(27)22-11-15(21(28)29)10-14-6-4-3-5-7-14/h3-7,12-13,15,17,19H,8-11H2,1-2H3,(H,22,27)(H,28,29)/t15-,17-,19-/m0/s1. The fourth-order valence-electron chi connectivity index (χ4n) is 3.86. The third-order valence-electron chi connectivity index (χ3n) is 5.46. The molecule has 0 unspecified atom stereocenters. The Balaban J connectivity index is 1.70. The van der Waals surface area contributed by atoms with Crippen LogP contribution < -0.4 is 5.32 Å². The van der Waals surface area contributed by atoms with Crippen molar-refractivity contribution in [2.75, 3.05) is 13.6 Å². The number of hydrogen-bond acceptors (Lipinski definition) is 4. The van der Waals surface area contributed by atoms with Crippen LogP contribution in [0.15, 0.2) is 42.7 Å². The summed E-state index contributed by atoms with van der Waals surface area (Å²) in [6.07, 6.45) is 4.51. The molecule has 2 aromatic rings. The second-order valence-electron chi connectivity index (χ2n) is 7.51. The summed E-state index contributed by atoms with van der Waals surface area (Å²) in [7, 11) is 3.47. The topological polar surface area (TPSA) is 105 Å². The molecule has 154 valence electrons. The van der Waals surface area contributed by atoms with Gasteiger partial charge in [0.1, 0.15) is 0 Å². The van der Waals surface area contributed by atoms with Crippen molar-refractivity contribution in [2.45, 2.75) is 25.3 Å². The summed E-state index contributed by atoms with van der Waals surface area (Å²) >= 11 is 0. The van der Waals surface area contributed by atoms with Gasteiger partial charge in [-0.05, 0) is 18.4 Å². The van der Waals surface area contributed by atoms with Crippen molar-refractivity contribution in [1.82, 2.24) is 20.0 Å². The van der Waals surface area contributed by atoms with Crippen LogP contribution in [0.3, 0.4) is 0 Å². The lowest BCUT2D eigenvalue weighted by Gasteiger charge is -2.37. The van der Waals surface area contributed by atoms with Crippen LogP contribution in [-0.2, 0) is 27.9 Å². The first-order chi connectivity index (χ1) is 13.9. The number of hydrogen-bond donors (Lipinski definition) is 2. The number of likely N-dealkylation sites (tertiary alicyclic amines) is 1. The molecule has 0 saturated carbocycles. The third-order valence-corrected chi connectivity index (χ3v) is 5.46. The Morgan fingerprint density at radius 3 is 2.62 bits per heavy atom. The lowest BCUT2D eigenvalue weighted by atomic mass is 9.85. The average Bonchev–Trinajstić information content (AvgIpc) is 3.13. The van der Waals surface area contributed by atoms with Crippen LogP contribution in [0.1, 0.15) is 30.0 Å². The second-order valence-corrected chi connectivity index (χ2v) is 7.51. The van der Waals surface area contributed by atoms with E-state index in [2.05, 4.69) is 10.4 Å². The zero-order valence-electron chi connectivity index (χ0n) is 16.6. The Hall–Kier alpha value is -3.16. The number of nitrogens with one attached hydrogen (secondary N) is 1. The molecule has 1 saturated heterocycles. The summed E-state index contributed by atoms with van der Waals surface area (Å²) in [5.41, 5.74) is 1.70. The van der Waals surface area contributed by atoms with Gasteiger partial charge >= 0.3 is 5.97 Å². The first-order valence-corrected chi connectivity index (χ1v) is 9.65. The largest absolute Gasteiger partial charge is 0.481 e. The van der Waals surface area contributed by atoms with E-state index in [0.717, 1.165) is 11.1 Å². The maximum absolute atomic E-state index is 13.0. The highest BCUT2D eigenvalue weighted by Crippen LogP contribution is 2.35. The summed E-state index contributed by atoms with van der Waals surface area (Å²) in [5.74, 6) is -2.38. The van der Waals surface area contributed by atoms with E-state index in [9.17, 15) is 19.5 Å². The van der Waals surface area contributed by atoms with Crippen LogP contribution in [-0.4, -0.2) is 51.2 Å². The number of carbonyl (C=O) groups is 3. The number of amides is 2. The van der Waals surface area contributed by atoms with Crippen LogP contribution in [0, 0.1) is 11.8 Å². The molecule has 2 amide bonds. The number of aromatic nitrogens is 2. The molecule has 0 spiro atoms. The first kappa shape index (κ1) is 20.6. The number of aryl methyl sites for hydroxylation is 1. The van der Waals surface area contributed by atoms with Crippen molar-refractivity contribution in [2.24, 2.45) is 18.9 Å². The molecule has 1 aliphatic rings. The number of rotatable bonds is 7. The van der Waals surface area contributed by atoms with Crippen molar-refractivity contribution in [3.05, 3.63) is 53.9 Å². The lowest BCUT2D eigenvalue weighted by molar-refractivity contribution is -0.142. The summed E-state index contributed by atoms with van der Waals surface area (Å²) < 4.78 is 1.64. The number of piperidine rings is 1. The van der Waals surface area contributed by atoms with Gasteiger partial charge in [-0.1, -0.05) is 30.3 Å². The number of benzene rings is 1. The highest BCUT2D eigenvalue weighted by Gasteiger charge is 2.39. The van der Waals surface area contributed by atoms with E-state index in [-0.39, 0.29) is 24.8 Å². The number of carboxylic acid groups (broad SMARTS) is 1. The van der Waals surface area contributed by atoms with Crippen molar-refractivity contribution in [3.8, 4) is 0 Å². The molecule has 1 aromatic carbocycles. The minimum atomic E-state index is -0.950. The molecule has 0 aliphatic carbocycles. The van der Waals surface area contributed by atoms with Crippen LogP contribution in [0.25, 0.3) is 0 Å². The van der Waals surface area contributed by atoms with E-state index in [4.69, 9.17) is 0 Å². The van der Waals surface area contributed by atoms with Gasteiger partial charge in [0.05, 0.1) is 24.1 Å². The van der Waals surface area contributed by atoms with E-state index in [0.29, 0.717) is 12.8 Å².